The molecule has 154 valence electrons. The van der Waals surface area contributed by atoms with E-state index in [4.69, 9.17) is 9.47 Å². The Morgan fingerprint density at radius 2 is 1.70 bits per heavy atom. The van der Waals surface area contributed by atoms with Crippen molar-refractivity contribution in [3.05, 3.63) is 80.5 Å². The minimum Gasteiger partial charge on any atom is -0.497 e. The van der Waals surface area contributed by atoms with E-state index in [9.17, 15) is 9.59 Å². The first kappa shape index (κ1) is 19.5. The van der Waals surface area contributed by atoms with E-state index in [1.165, 1.54) is 11.6 Å². The van der Waals surface area contributed by atoms with E-state index in [0.29, 0.717) is 23.6 Å². The van der Waals surface area contributed by atoms with Crippen LogP contribution in [-0.4, -0.2) is 25.8 Å². The van der Waals surface area contributed by atoms with Crippen LogP contribution in [0.5, 0.6) is 17.5 Å². The molecule has 8 nitrogen and oxygen atoms in total. The summed E-state index contributed by atoms with van der Waals surface area (Å²) < 4.78 is 15.4. The molecular weight excluding hydrogens is 384 g/mol. The monoisotopic (exact) mass is 406 g/mol. The Kier molecular flexibility index (Phi) is 4.91. The van der Waals surface area contributed by atoms with Crippen molar-refractivity contribution in [1.82, 2.24) is 18.7 Å². The summed E-state index contributed by atoms with van der Waals surface area (Å²) in [6, 6.07) is 15.2. The van der Waals surface area contributed by atoms with Gasteiger partial charge in [0.2, 0.25) is 0 Å². The largest absolute Gasteiger partial charge is 0.497 e. The lowest BCUT2D eigenvalue weighted by Gasteiger charge is -2.12. The minimum absolute atomic E-state index is 0.222. The highest BCUT2D eigenvalue weighted by molar-refractivity contribution is 5.72. The minimum atomic E-state index is -0.444. The van der Waals surface area contributed by atoms with E-state index in [0.717, 1.165) is 15.7 Å². The SMILES string of the molecule is COc1cccc(Oc2nc3c(c(=O)n(C)c(=O)n3C)n2Cc2ccccc2C)c1. The first-order valence-electron chi connectivity index (χ1n) is 9.43. The summed E-state index contributed by atoms with van der Waals surface area (Å²) >= 11 is 0. The zero-order valence-electron chi connectivity index (χ0n) is 17.2. The van der Waals surface area contributed by atoms with Crippen LogP contribution >= 0.6 is 0 Å². The molecule has 0 aliphatic carbocycles. The fourth-order valence-corrected chi connectivity index (χ4v) is 3.38. The highest BCUT2D eigenvalue weighted by Gasteiger charge is 2.21. The van der Waals surface area contributed by atoms with E-state index in [1.54, 1.807) is 36.9 Å². The molecule has 0 fully saturated rings. The summed E-state index contributed by atoms with van der Waals surface area (Å²) in [5.74, 6) is 1.15. The molecular formula is C22H22N4O4. The number of rotatable bonds is 5. The molecule has 0 aliphatic heterocycles. The number of hydrogen-bond acceptors (Lipinski definition) is 5. The number of ether oxygens (including phenoxy) is 2. The molecule has 4 aromatic rings. The van der Waals surface area contributed by atoms with E-state index in [-0.39, 0.29) is 11.7 Å². The normalized spacial score (nSPS) is 11.1. The van der Waals surface area contributed by atoms with Gasteiger partial charge < -0.3 is 9.47 Å². The second kappa shape index (κ2) is 7.55. The van der Waals surface area contributed by atoms with Gasteiger partial charge in [0.1, 0.15) is 11.5 Å². The average molecular weight is 406 g/mol. The third-order valence-electron chi connectivity index (χ3n) is 5.15. The van der Waals surface area contributed by atoms with Gasteiger partial charge in [-0.1, -0.05) is 30.3 Å². The molecule has 2 aromatic carbocycles. The Morgan fingerprint density at radius 1 is 0.967 bits per heavy atom. The average Bonchev–Trinajstić information content (AvgIpc) is 3.10. The quantitative estimate of drug-likeness (QED) is 0.509. The van der Waals surface area contributed by atoms with Crippen molar-refractivity contribution in [3.8, 4) is 17.5 Å². The van der Waals surface area contributed by atoms with Crippen LogP contribution in [0.4, 0.5) is 0 Å². The van der Waals surface area contributed by atoms with E-state index >= 15 is 0 Å². The highest BCUT2D eigenvalue weighted by atomic mass is 16.5. The van der Waals surface area contributed by atoms with Crippen molar-refractivity contribution in [3.63, 3.8) is 0 Å². The number of benzene rings is 2. The van der Waals surface area contributed by atoms with E-state index < -0.39 is 11.2 Å². The molecule has 0 aliphatic rings. The van der Waals surface area contributed by atoms with Crippen molar-refractivity contribution in [2.24, 2.45) is 14.1 Å². The van der Waals surface area contributed by atoms with Crippen molar-refractivity contribution < 1.29 is 9.47 Å². The van der Waals surface area contributed by atoms with Gasteiger partial charge in [-0.2, -0.15) is 4.98 Å². The van der Waals surface area contributed by atoms with Gasteiger partial charge in [0.25, 0.3) is 5.56 Å². The molecule has 2 aromatic heterocycles. The first-order chi connectivity index (χ1) is 14.4. The maximum absolute atomic E-state index is 13.0. The number of aryl methyl sites for hydroxylation is 2. The lowest BCUT2D eigenvalue weighted by molar-refractivity contribution is 0.398. The lowest BCUT2D eigenvalue weighted by Crippen LogP contribution is -2.37. The fourth-order valence-electron chi connectivity index (χ4n) is 3.38. The van der Waals surface area contributed by atoms with Gasteiger partial charge in [0.05, 0.1) is 13.7 Å². The van der Waals surface area contributed by atoms with E-state index in [1.807, 2.05) is 37.3 Å². The smallest absolute Gasteiger partial charge is 0.332 e. The van der Waals surface area contributed by atoms with Crippen molar-refractivity contribution in [1.29, 1.82) is 0 Å². The van der Waals surface area contributed by atoms with Crippen molar-refractivity contribution >= 4 is 11.2 Å². The standard InChI is InChI=1S/C22H22N4O4/c1-14-8-5-6-9-15(14)13-26-18-19(24(2)22(28)25(3)20(18)27)23-21(26)30-17-11-7-10-16(12-17)29-4/h5-12H,13H2,1-4H3. The van der Waals surface area contributed by atoms with Crippen LogP contribution in [0.3, 0.4) is 0 Å². The van der Waals surface area contributed by atoms with Crippen LogP contribution in [0.25, 0.3) is 11.2 Å². The van der Waals surface area contributed by atoms with Crippen LogP contribution in [0.2, 0.25) is 0 Å². The van der Waals surface area contributed by atoms with Crippen LogP contribution in [0.15, 0.2) is 58.1 Å². The van der Waals surface area contributed by atoms with E-state index in [2.05, 4.69) is 4.98 Å². The third kappa shape index (κ3) is 3.26. The number of aromatic nitrogens is 4. The summed E-state index contributed by atoms with van der Waals surface area (Å²) in [5.41, 5.74) is 1.81. The summed E-state index contributed by atoms with van der Waals surface area (Å²) in [6.07, 6.45) is 0. The van der Waals surface area contributed by atoms with Crippen LogP contribution in [0, 0.1) is 6.92 Å². The van der Waals surface area contributed by atoms with Gasteiger partial charge in [-0.05, 0) is 30.2 Å². The van der Waals surface area contributed by atoms with Gasteiger partial charge in [-0.3, -0.25) is 18.5 Å². The molecule has 0 unspecified atom stereocenters. The molecule has 0 amide bonds. The molecule has 0 radical (unpaired) electrons. The summed E-state index contributed by atoms with van der Waals surface area (Å²) in [5, 5.41) is 0. The molecule has 0 N–H and O–H groups in total. The highest BCUT2D eigenvalue weighted by Crippen LogP contribution is 2.27. The summed E-state index contributed by atoms with van der Waals surface area (Å²) in [4.78, 5) is 29.9. The Bertz CT molecular complexity index is 1360. The second-order valence-electron chi connectivity index (χ2n) is 7.07. The number of fused-ring (bicyclic) bond motifs is 1. The Hall–Kier alpha value is -3.81. The molecule has 2 heterocycles. The molecule has 0 saturated heterocycles. The molecule has 4 rings (SSSR count). The Labute approximate surface area is 172 Å². The van der Waals surface area contributed by atoms with Gasteiger partial charge >= 0.3 is 11.7 Å². The molecule has 0 saturated carbocycles. The first-order valence-corrected chi connectivity index (χ1v) is 9.43. The maximum atomic E-state index is 13.0. The zero-order chi connectivity index (χ0) is 21.4. The lowest BCUT2D eigenvalue weighted by atomic mass is 10.1. The van der Waals surface area contributed by atoms with Gasteiger partial charge in [0.15, 0.2) is 11.2 Å². The predicted octanol–water partition coefficient (Wildman–Crippen LogP) is 2.59. The molecule has 0 spiro atoms. The molecule has 8 heteroatoms. The summed E-state index contributed by atoms with van der Waals surface area (Å²) in [6.45, 7) is 2.38. The summed E-state index contributed by atoms with van der Waals surface area (Å²) in [7, 11) is 4.62. The van der Waals surface area contributed by atoms with Crippen molar-refractivity contribution in [2.45, 2.75) is 13.5 Å². The van der Waals surface area contributed by atoms with Crippen molar-refractivity contribution in [2.75, 3.05) is 7.11 Å². The van der Waals surface area contributed by atoms with Gasteiger partial charge in [0, 0.05) is 20.2 Å². The zero-order valence-corrected chi connectivity index (χ0v) is 17.2. The molecule has 0 atom stereocenters. The number of imidazole rings is 1. The third-order valence-corrected chi connectivity index (χ3v) is 5.15. The van der Waals surface area contributed by atoms with Gasteiger partial charge in [-0.25, -0.2) is 4.79 Å². The van der Waals surface area contributed by atoms with Crippen LogP contribution in [0.1, 0.15) is 11.1 Å². The van der Waals surface area contributed by atoms with Crippen LogP contribution in [-0.2, 0) is 20.6 Å². The second-order valence-corrected chi connectivity index (χ2v) is 7.07. The van der Waals surface area contributed by atoms with Crippen LogP contribution < -0.4 is 20.7 Å². The topological polar surface area (TPSA) is 80.3 Å². The number of nitrogens with zero attached hydrogens (tertiary/aromatic N) is 4. The Balaban J connectivity index is 1.95. The predicted molar refractivity (Wildman–Crippen MR) is 114 cm³/mol. The maximum Gasteiger partial charge on any atom is 0.332 e. The fraction of sp³-hybridized carbons (Fsp3) is 0.227. The number of hydrogen-bond donors (Lipinski definition) is 0. The molecule has 0 bridgehead atoms. The van der Waals surface area contributed by atoms with Gasteiger partial charge in [-0.15, -0.1) is 0 Å². The Morgan fingerprint density at radius 3 is 2.43 bits per heavy atom. The molecule has 30 heavy (non-hydrogen) atoms. The number of methoxy groups -OCH3 is 1.